The van der Waals surface area contributed by atoms with Crippen LogP contribution in [0.2, 0.25) is 0 Å². The highest BCUT2D eigenvalue weighted by atomic mass is 32.2. The van der Waals surface area contributed by atoms with Crippen molar-refractivity contribution in [2.45, 2.75) is 64.9 Å². The van der Waals surface area contributed by atoms with Crippen LogP contribution < -0.4 is 0 Å². The van der Waals surface area contributed by atoms with Crippen LogP contribution in [0.25, 0.3) is 0 Å². The highest BCUT2D eigenvalue weighted by molar-refractivity contribution is 8.00. The average molecular weight is 407 g/mol. The Labute approximate surface area is 166 Å². The molecule has 0 bridgehead atoms. The van der Waals surface area contributed by atoms with Gasteiger partial charge in [-0.2, -0.15) is 23.5 Å². The molecule has 2 rings (SSSR count). The molecule has 0 aliphatic carbocycles. The summed E-state index contributed by atoms with van der Waals surface area (Å²) in [5.41, 5.74) is 0. The Morgan fingerprint density at radius 1 is 0.692 bits per heavy atom. The fourth-order valence-corrected chi connectivity index (χ4v) is 3.62. The van der Waals surface area contributed by atoms with Gasteiger partial charge in [-0.3, -0.25) is 29.0 Å². The van der Waals surface area contributed by atoms with Crippen LogP contribution in [-0.2, 0) is 19.2 Å². The van der Waals surface area contributed by atoms with Crippen molar-refractivity contribution in [2.75, 3.05) is 25.6 Å². The zero-order chi connectivity index (χ0) is 20.9. The Balaban J connectivity index is 0. The van der Waals surface area contributed by atoms with Gasteiger partial charge in [-0.05, 0) is 12.5 Å². The Morgan fingerprint density at radius 2 is 0.962 bits per heavy atom. The number of carbonyl (C=O) groups is 4. The van der Waals surface area contributed by atoms with Crippen LogP contribution in [0.4, 0.5) is 0 Å². The van der Waals surface area contributed by atoms with Crippen LogP contribution in [0, 0.1) is 0 Å². The van der Waals surface area contributed by atoms with Gasteiger partial charge in [0, 0.05) is 25.9 Å². The highest BCUT2D eigenvalue weighted by Gasteiger charge is 2.41. The predicted molar refractivity (Wildman–Crippen MR) is 111 cm³/mol. The number of nitrogens with zero attached hydrogens (tertiary/aromatic N) is 2. The van der Waals surface area contributed by atoms with E-state index in [1.807, 2.05) is 41.5 Å². The first-order valence-electron chi connectivity index (χ1n) is 9.23. The van der Waals surface area contributed by atoms with Gasteiger partial charge in [0.15, 0.2) is 0 Å². The van der Waals surface area contributed by atoms with E-state index in [9.17, 15) is 19.2 Å². The molecule has 0 aromatic carbocycles. The molecule has 2 heterocycles. The molecule has 8 heteroatoms. The maximum Gasteiger partial charge on any atom is 0.242 e. The van der Waals surface area contributed by atoms with E-state index < -0.39 is 0 Å². The smallest absolute Gasteiger partial charge is 0.242 e. The second-order valence-electron chi connectivity index (χ2n) is 4.62. The minimum absolute atomic E-state index is 0.104. The van der Waals surface area contributed by atoms with Gasteiger partial charge in [0.05, 0.1) is 10.5 Å². The molecule has 0 aromatic rings. The van der Waals surface area contributed by atoms with Crippen molar-refractivity contribution >= 4 is 47.2 Å². The molecule has 0 spiro atoms. The SMILES string of the molecule is CC.CC.CC.CSC1CC(=O)N(CCN2C(=O)CC(SC)C2=O)C1=O. The lowest BCUT2D eigenvalue weighted by Gasteiger charge is -2.19. The van der Waals surface area contributed by atoms with Gasteiger partial charge in [-0.1, -0.05) is 41.5 Å². The Hall–Kier alpha value is -1.02. The van der Waals surface area contributed by atoms with Gasteiger partial charge in [0.2, 0.25) is 23.6 Å². The maximum absolute atomic E-state index is 11.9. The number of carbonyl (C=O) groups excluding carboxylic acids is 4. The molecule has 0 radical (unpaired) electrons. The molecular formula is C18H34N2O4S2. The van der Waals surface area contributed by atoms with E-state index in [-0.39, 0.29) is 60.1 Å². The third-order valence-electron chi connectivity index (χ3n) is 3.52. The van der Waals surface area contributed by atoms with Crippen molar-refractivity contribution in [2.24, 2.45) is 0 Å². The summed E-state index contributed by atoms with van der Waals surface area (Å²) in [5.74, 6) is -0.893. The summed E-state index contributed by atoms with van der Waals surface area (Å²) in [6, 6.07) is 0. The molecular weight excluding hydrogens is 372 g/mol. The lowest BCUT2D eigenvalue weighted by Crippen LogP contribution is -2.41. The summed E-state index contributed by atoms with van der Waals surface area (Å²) < 4.78 is 0. The summed E-state index contributed by atoms with van der Waals surface area (Å²) in [7, 11) is 0. The molecule has 4 amide bonds. The van der Waals surface area contributed by atoms with Crippen molar-refractivity contribution in [1.82, 2.24) is 9.80 Å². The fraction of sp³-hybridized carbons (Fsp3) is 0.778. The molecule has 152 valence electrons. The van der Waals surface area contributed by atoms with E-state index in [1.54, 1.807) is 12.5 Å². The summed E-state index contributed by atoms with van der Waals surface area (Å²) in [6.45, 7) is 12.2. The van der Waals surface area contributed by atoms with E-state index in [1.165, 1.54) is 23.5 Å². The molecule has 2 atom stereocenters. The number of imide groups is 2. The number of likely N-dealkylation sites (tertiary alicyclic amines) is 2. The predicted octanol–water partition coefficient (Wildman–Crippen LogP) is 3.05. The summed E-state index contributed by atoms with van der Waals surface area (Å²) >= 11 is 2.70. The highest BCUT2D eigenvalue weighted by Crippen LogP contribution is 2.25. The van der Waals surface area contributed by atoms with Crippen LogP contribution in [0.3, 0.4) is 0 Å². The molecule has 2 unspecified atom stereocenters. The monoisotopic (exact) mass is 406 g/mol. The zero-order valence-electron chi connectivity index (χ0n) is 17.3. The van der Waals surface area contributed by atoms with Gasteiger partial charge in [-0.15, -0.1) is 0 Å². The maximum atomic E-state index is 11.9. The Morgan fingerprint density at radius 3 is 1.15 bits per heavy atom. The van der Waals surface area contributed by atoms with Gasteiger partial charge >= 0.3 is 0 Å². The van der Waals surface area contributed by atoms with E-state index in [4.69, 9.17) is 0 Å². The molecule has 2 fully saturated rings. The number of hydrogen-bond donors (Lipinski definition) is 0. The molecule has 2 saturated heterocycles. The molecule has 26 heavy (non-hydrogen) atoms. The quantitative estimate of drug-likeness (QED) is 0.653. The first kappa shape index (κ1) is 27.2. The van der Waals surface area contributed by atoms with Crippen LogP contribution in [0.5, 0.6) is 0 Å². The summed E-state index contributed by atoms with van der Waals surface area (Å²) in [5, 5.41) is -0.655. The standard InChI is InChI=1S/C12H16N2O4S2.3C2H6/c1-19-7-5-9(15)13(11(7)17)3-4-14-10(16)6-8(20-2)12(14)18;3*1-2/h7-8H,3-6H2,1-2H3;3*1-2H3. The fourth-order valence-electron chi connectivity index (χ4n) is 2.34. The number of rotatable bonds is 5. The minimum Gasteiger partial charge on any atom is -0.280 e. The van der Waals surface area contributed by atoms with Gasteiger partial charge < -0.3 is 0 Å². The first-order valence-corrected chi connectivity index (χ1v) is 11.8. The number of hydrogen-bond acceptors (Lipinski definition) is 6. The third-order valence-corrected chi connectivity index (χ3v) is 5.40. The number of amides is 4. The topological polar surface area (TPSA) is 74.8 Å². The lowest BCUT2D eigenvalue weighted by molar-refractivity contribution is -0.143. The van der Waals surface area contributed by atoms with Crippen LogP contribution >= 0.6 is 23.5 Å². The summed E-state index contributed by atoms with van der Waals surface area (Å²) in [4.78, 5) is 49.7. The van der Waals surface area contributed by atoms with E-state index in [0.29, 0.717) is 0 Å². The molecule has 0 aromatic heterocycles. The first-order chi connectivity index (χ1) is 12.5. The van der Waals surface area contributed by atoms with Crippen molar-refractivity contribution in [1.29, 1.82) is 0 Å². The molecule has 2 aliphatic heterocycles. The van der Waals surface area contributed by atoms with Crippen LogP contribution in [0.1, 0.15) is 54.4 Å². The molecule has 2 aliphatic rings. The molecule has 0 N–H and O–H groups in total. The van der Waals surface area contributed by atoms with Crippen molar-refractivity contribution in [3.63, 3.8) is 0 Å². The van der Waals surface area contributed by atoms with Crippen molar-refractivity contribution in [3.05, 3.63) is 0 Å². The van der Waals surface area contributed by atoms with Gasteiger partial charge in [-0.25, -0.2) is 0 Å². The van der Waals surface area contributed by atoms with Gasteiger partial charge in [0.25, 0.3) is 0 Å². The molecule has 6 nitrogen and oxygen atoms in total. The largest absolute Gasteiger partial charge is 0.280 e. The second-order valence-corrected chi connectivity index (χ2v) is 6.71. The van der Waals surface area contributed by atoms with Crippen LogP contribution in [0.15, 0.2) is 0 Å². The molecule has 0 saturated carbocycles. The third kappa shape index (κ3) is 6.95. The zero-order valence-corrected chi connectivity index (χ0v) is 19.0. The van der Waals surface area contributed by atoms with Crippen LogP contribution in [-0.4, -0.2) is 69.5 Å². The number of thioether (sulfide) groups is 2. The Bertz CT molecular complexity index is 430. The average Bonchev–Trinajstić information content (AvgIpc) is 3.13. The van der Waals surface area contributed by atoms with Gasteiger partial charge in [0.1, 0.15) is 0 Å². The minimum atomic E-state index is -0.327. The van der Waals surface area contributed by atoms with Crippen molar-refractivity contribution < 1.29 is 19.2 Å². The normalized spacial score (nSPS) is 21.5. The second kappa shape index (κ2) is 15.1. The van der Waals surface area contributed by atoms with E-state index >= 15 is 0 Å². The lowest BCUT2D eigenvalue weighted by atomic mass is 10.4. The van der Waals surface area contributed by atoms with Crippen molar-refractivity contribution in [3.8, 4) is 0 Å². The van der Waals surface area contributed by atoms with E-state index in [0.717, 1.165) is 9.80 Å². The Kier molecular flexibility index (Phi) is 15.8. The summed E-state index contributed by atoms with van der Waals surface area (Å²) in [6.07, 6.45) is 3.98. The van der Waals surface area contributed by atoms with E-state index in [2.05, 4.69) is 0 Å².